The Morgan fingerprint density at radius 2 is 1.35 bits per heavy atom. The lowest BCUT2D eigenvalue weighted by Gasteiger charge is -2.12. The quantitative estimate of drug-likeness (QED) is 0.125. The number of esters is 3. The van der Waals surface area contributed by atoms with E-state index in [1.54, 1.807) is 43.4 Å². The minimum absolute atomic E-state index is 0.00422. The second kappa shape index (κ2) is 23.9. The van der Waals surface area contributed by atoms with Gasteiger partial charge in [0.1, 0.15) is 17.3 Å². The maximum Gasteiger partial charge on any atom is 0.343 e. The molecule has 0 atom stereocenters. The van der Waals surface area contributed by atoms with Crippen LogP contribution in [0.15, 0.2) is 103 Å². The van der Waals surface area contributed by atoms with Crippen molar-refractivity contribution >= 4 is 17.9 Å². The summed E-state index contributed by atoms with van der Waals surface area (Å²) in [6.07, 6.45) is 17.0. The third-order valence-corrected chi connectivity index (χ3v) is 4.52. The van der Waals surface area contributed by atoms with Crippen molar-refractivity contribution in [3.63, 3.8) is 0 Å². The first kappa shape index (κ1) is 38.0. The number of benzene rings is 1. The van der Waals surface area contributed by atoms with E-state index in [2.05, 4.69) is 13.2 Å². The van der Waals surface area contributed by atoms with Crippen molar-refractivity contribution < 1.29 is 28.6 Å². The van der Waals surface area contributed by atoms with Crippen molar-refractivity contribution in [2.75, 3.05) is 0 Å². The Morgan fingerprint density at radius 1 is 0.825 bits per heavy atom. The Labute approximate surface area is 241 Å². The fourth-order valence-corrected chi connectivity index (χ4v) is 2.86. The molecular weight excluding hydrogens is 504 g/mol. The smallest absolute Gasteiger partial charge is 0.343 e. The highest BCUT2D eigenvalue weighted by molar-refractivity contribution is 6.01. The van der Waals surface area contributed by atoms with Gasteiger partial charge in [0.05, 0.1) is 16.7 Å². The van der Waals surface area contributed by atoms with Gasteiger partial charge in [0.25, 0.3) is 0 Å². The molecule has 0 aliphatic heterocycles. The fourth-order valence-electron chi connectivity index (χ4n) is 2.86. The summed E-state index contributed by atoms with van der Waals surface area (Å²) in [6.45, 7) is 22.8. The van der Waals surface area contributed by atoms with E-state index in [0.29, 0.717) is 12.2 Å². The highest BCUT2D eigenvalue weighted by Gasteiger charge is 2.20. The molecule has 0 saturated heterocycles. The Morgan fingerprint density at radius 3 is 1.77 bits per heavy atom. The van der Waals surface area contributed by atoms with Crippen molar-refractivity contribution in [3.05, 3.63) is 120 Å². The first-order valence-corrected chi connectivity index (χ1v) is 13.9. The van der Waals surface area contributed by atoms with Crippen LogP contribution in [0, 0.1) is 0 Å². The Bertz CT molecular complexity index is 1070. The number of carbonyl (C=O) groups is 3. The lowest BCUT2D eigenvalue weighted by atomic mass is 10.1. The molecule has 1 aromatic carbocycles. The molecule has 218 valence electrons. The molecule has 6 nitrogen and oxygen atoms in total. The number of carbonyl (C=O) groups excluding carboxylic acids is 3. The van der Waals surface area contributed by atoms with Crippen LogP contribution in [0.1, 0.15) is 106 Å². The van der Waals surface area contributed by atoms with Gasteiger partial charge in [0, 0.05) is 0 Å². The molecule has 0 heterocycles. The maximum atomic E-state index is 12.8. The molecule has 0 unspecified atom stereocenters. The van der Waals surface area contributed by atoms with Crippen LogP contribution in [0.25, 0.3) is 0 Å². The van der Waals surface area contributed by atoms with Crippen LogP contribution in [0.5, 0.6) is 0 Å². The third-order valence-electron chi connectivity index (χ3n) is 4.52. The van der Waals surface area contributed by atoms with E-state index in [1.807, 2.05) is 54.5 Å². The summed E-state index contributed by atoms with van der Waals surface area (Å²) in [5.74, 6) is -1.27. The summed E-state index contributed by atoms with van der Waals surface area (Å²) in [4.78, 5) is 38.4. The van der Waals surface area contributed by atoms with Gasteiger partial charge < -0.3 is 14.2 Å². The van der Waals surface area contributed by atoms with Crippen LogP contribution in [-0.4, -0.2) is 17.9 Å². The molecule has 0 amide bonds. The molecule has 0 aromatic heterocycles. The summed E-state index contributed by atoms with van der Waals surface area (Å²) in [7, 11) is 0. The summed E-state index contributed by atoms with van der Waals surface area (Å²) in [5, 5.41) is 0. The van der Waals surface area contributed by atoms with Gasteiger partial charge in [0.15, 0.2) is 0 Å². The van der Waals surface area contributed by atoms with E-state index in [4.69, 9.17) is 14.2 Å². The molecule has 0 N–H and O–H groups in total. The van der Waals surface area contributed by atoms with Gasteiger partial charge >= 0.3 is 17.9 Å². The summed E-state index contributed by atoms with van der Waals surface area (Å²) < 4.78 is 16.1. The van der Waals surface area contributed by atoms with Crippen LogP contribution >= 0.6 is 0 Å². The zero-order valence-electron chi connectivity index (χ0n) is 25.4. The largest absolute Gasteiger partial charge is 0.423 e. The number of hydrogen-bond acceptors (Lipinski definition) is 6. The molecule has 1 aliphatic carbocycles. The van der Waals surface area contributed by atoms with Gasteiger partial charge in [-0.2, -0.15) is 0 Å². The minimum Gasteiger partial charge on any atom is -0.423 e. The lowest BCUT2D eigenvalue weighted by molar-refractivity contribution is 0.0635. The second-order valence-corrected chi connectivity index (χ2v) is 7.06. The molecule has 6 heteroatoms. The van der Waals surface area contributed by atoms with E-state index in [1.165, 1.54) is 30.4 Å². The first-order valence-electron chi connectivity index (χ1n) is 13.9. The van der Waals surface area contributed by atoms with Gasteiger partial charge in [-0.25, -0.2) is 14.4 Å². The van der Waals surface area contributed by atoms with Crippen molar-refractivity contribution in [1.82, 2.24) is 0 Å². The maximum absolute atomic E-state index is 12.8. The summed E-state index contributed by atoms with van der Waals surface area (Å²) >= 11 is 0. The molecule has 0 saturated carbocycles. The van der Waals surface area contributed by atoms with Crippen LogP contribution < -0.4 is 0 Å². The van der Waals surface area contributed by atoms with Crippen molar-refractivity contribution in [3.8, 4) is 0 Å². The molecule has 0 fully saturated rings. The molecule has 2 rings (SSSR count). The van der Waals surface area contributed by atoms with Gasteiger partial charge in [-0.3, -0.25) is 0 Å². The monoisotopic (exact) mass is 550 g/mol. The van der Waals surface area contributed by atoms with Gasteiger partial charge in [0.2, 0.25) is 0 Å². The topological polar surface area (TPSA) is 78.9 Å². The van der Waals surface area contributed by atoms with E-state index < -0.39 is 17.9 Å². The van der Waals surface area contributed by atoms with Gasteiger partial charge in [-0.1, -0.05) is 79.9 Å². The zero-order valence-corrected chi connectivity index (χ0v) is 25.4. The first-order chi connectivity index (χ1) is 19.4. The van der Waals surface area contributed by atoms with Crippen molar-refractivity contribution in [2.24, 2.45) is 0 Å². The fraction of sp³-hybridized carbons (Fsp3) is 0.324. The number of rotatable bonds is 10. The summed E-state index contributed by atoms with van der Waals surface area (Å²) in [6, 6.07) is 3.93. The Hall–Kier alpha value is -4.19. The zero-order chi connectivity index (χ0) is 30.9. The molecule has 0 radical (unpaired) electrons. The van der Waals surface area contributed by atoms with Crippen LogP contribution in [-0.2, 0) is 14.2 Å². The van der Waals surface area contributed by atoms with Crippen molar-refractivity contribution in [1.29, 1.82) is 0 Å². The third kappa shape index (κ3) is 14.1. The molecule has 40 heavy (non-hydrogen) atoms. The Kier molecular flexibility index (Phi) is 22.7. The van der Waals surface area contributed by atoms with Gasteiger partial charge in [-0.15, -0.1) is 0 Å². The molecular formula is C34H46O6. The summed E-state index contributed by atoms with van der Waals surface area (Å²) in [5.41, 5.74) is -0.0211. The predicted octanol–water partition coefficient (Wildman–Crippen LogP) is 9.60. The highest BCUT2D eigenvalue weighted by atomic mass is 16.5. The predicted molar refractivity (Wildman–Crippen MR) is 165 cm³/mol. The molecule has 0 bridgehead atoms. The average Bonchev–Trinajstić information content (AvgIpc) is 3.02. The van der Waals surface area contributed by atoms with E-state index >= 15 is 0 Å². The Balaban J connectivity index is 0. The van der Waals surface area contributed by atoms with E-state index in [9.17, 15) is 14.4 Å². The normalized spacial score (nSPS) is 12.2. The van der Waals surface area contributed by atoms with Crippen LogP contribution in [0.4, 0.5) is 0 Å². The van der Waals surface area contributed by atoms with Crippen LogP contribution in [0.2, 0.25) is 0 Å². The molecule has 0 spiro atoms. The minimum atomic E-state index is -0.754. The number of allylic oxidation sites excluding steroid dienone is 9. The number of hydrogen-bond donors (Lipinski definition) is 0. The second-order valence-electron chi connectivity index (χ2n) is 7.06. The van der Waals surface area contributed by atoms with Crippen LogP contribution in [0.3, 0.4) is 0 Å². The highest BCUT2D eigenvalue weighted by Crippen LogP contribution is 2.19. The van der Waals surface area contributed by atoms with E-state index in [-0.39, 0.29) is 28.2 Å². The SMILES string of the molecule is C=C/C=C\C(=C/C)OC(=O)c1cc(C(=O)OC2=CCCC=C2)cc(C(=O)O/C(C=C)=C/CC)c1.CC.CC.CC. The lowest BCUT2D eigenvalue weighted by Crippen LogP contribution is -2.13. The number of ether oxygens (including phenoxy) is 3. The van der Waals surface area contributed by atoms with Crippen molar-refractivity contribution in [2.45, 2.75) is 74.7 Å². The molecule has 1 aliphatic rings. The standard InChI is InChI=1S/C28H28O6.3C2H6/c1-5-9-14-24(8-4)33-27(30)21-17-20(26(29)32-23(7-3)13-6-2)18-22(19-21)28(31)34-25-15-11-10-12-16-25;3*1-2/h5,7-9,11,13-19H,1,3,6,10,12H2,2,4H3;3*1-2H3/b14-9-,23-13+,24-8+;;;. The average molecular weight is 551 g/mol. The van der Waals surface area contributed by atoms with E-state index in [0.717, 1.165) is 12.8 Å². The van der Waals surface area contributed by atoms with Gasteiger partial charge in [-0.05, 0) is 80.8 Å². The molecule has 1 aromatic rings.